The first-order chi connectivity index (χ1) is 12.1. The molecule has 0 atom stereocenters. The average Bonchev–Trinajstić information content (AvgIpc) is 2.63. The van der Waals surface area contributed by atoms with E-state index in [0.717, 1.165) is 18.4 Å². The Bertz CT molecular complexity index is 727. The van der Waals surface area contributed by atoms with Gasteiger partial charge in [-0.25, -0.2) is 9.59 Å². The van der Waals surface area contributed by atoms with Crippen LogP contribution < -0.4 is 0 Å². The van der Waals surface area contributed by atoms with Crippen LogP contribution in [0.2, 0.25) is 5.02 Å². The van der Waals surface area contributed by atoms with Crippen LogP contribution in [0.25, 0.3) is 0 Å². The van der Waals surface area contributed by atoms with Crippen molar-refractivity contribution in [2.24, 2.45) is 0 Å². The second-order valence-electron chi connectivity index (χ2n) is 5.51. The third kappa shape index (κ3) is 5.61. The van der Waals surface area contributed by atoms with E-state index < -0.39 is 11.9 Å². The monoisotopic (exact) mass is 360 g/mol. The molecular formula is C20H21ClO4. The number of carbonyl (C=O) groups excluding carboxylic acids is 2. The van der Waals surface area contributed by atoms with Gasteiger partial charge in [-0.3, -0.25) is 0 Å². The SMILES string of the molecule is CCCCOC(=O)c1ccccc1C(=O)OCCc1ccccc1Cl. The molecule has 0 saturated heterocycles. The van der Waals surface area contributed by atoms with Gasteiger partial charge < -0.3 is 9.47 Å². The number of rotatable bonds is 8. The average molecular weight is 361 g/mol. The van der Waals surface area contributed by atoms with Crippen molar-refractivity contribution in [1.82, 2.24) is 0 Å². The van der Waals surface area contributed by atoms with Crippen LogP contribution in [0, 0.1) is 0 Å². The van der Waals surface area contributed by atoms with Crippen molar-refractivity contribution in [1.29, 1.82) is 0 Å². The lowest BCUT2D eigenvalue weighted by atomic mass is 10.1. The van der Waals surface area contributed by atoms with Crippen LogP contribution in [0.1, 0.15) is 46.0 Å². The zero-order valence-electron chi connectivity index (χ0n) is 14.2. The number of hydrogen-bond acceptors (Lipinski definition) is 4. The highest BCUT2D eigenvalue weighted by atomic mass is 35.5. The number of benzene rings is 2. The van der Waals surface area contributed by atoms with E-state index in [9.17, 15) is 9.59 Å². The Kier molecular flexibility index (Phi) is 7.48. The fraction of sp³-hybridized carbons (Fsp3) is 0.300. The summed E-state index contributed by atoms with van der Waals surface area (Å²) in [6.45, 7) is 2.53. The Morgan fingerprint density at radius 3 is 2.04 bits per heavy atom. The molecule has 0 fully saturated rings. The molecule has 0 unspecified atom stereocenters. The van der Waals surface area contributed by atoms with Crippen molar-refractivity contribution in [2.75, 3.05) is 13.2 Å². The first kappa shape index (κ1) is 19.0. The van der Waals surface area contributed by atoms with Crippen molar-refractivity contribution in [3.05, 3.63) is 70.2 Å². The molecule has 132 valence electrons. The highest BCUT2D eigenvalue weighted by Crippen LogP contribution is 2.16. The largest absolute Gasteiger partial charge is 0.462 e. The van der Waals surface area contributed by atoms with E-state index >= 15 is 0 Å². The van der Waals surface area contributed by atoms with Crippen LogP contribution in [-0.2, 0) is 15.9 Å². The predicted octanol–water partition coefficient (Wildman–Crippen LogP) is 4.70. The van der Waals surface area contributed by atoms with Gasteiger partial charge in [-0.05, 0) is 30.2 Å². The molecular weight excluding hydrogens is 340 g/mol. The molecule has 2 aromatic rings. The van der Waals surface area contributed by atoms with E-state index in [1.54, 1.807) is 30.3 Å². The lowest BCUT2D eigenvalue weighted by Crippen LogP contribution is -2.15. The minimum Gasteiger partial charge on any atom is -0.462 e. The number of ether oxygens (including phenoxy) is 2. The summed E-state index contributed by atoms with van der Waals surface area (Å²) in [6, 6.07) is 13.9. The Balaban J connectivity index is 1.97. The molecule has 0 amide bonds. The topological polar surface area (TPSA) is 52.6 Å². The maximum atomic E-state index is 12.3. The molecule has 0 spiro atoms. The van der Waals surface area contributed by atoms with Crippen molar-refractivity contribution in [2.45, 2.75) is 26.2 Å². The Hall–Kier alpha value is -2.33. The molecule has 4 nitrogen and oxygen atoms in total. The minimum absolute atomic E-state index is 0.182. The van der Waals surface area contributed by atoms with Gasteiger partial charge in [0.25, 0.3) is 0 Å². The first-order valence-electron chi connectivity index (χ1n) is 8.30. The molecule has 0 aliphatic rings. The number of esters is 2. The van der Waals surface area contributed by atoms with Crippen LogP contribution in [0.4, 0.5) is 0 Å². The van der Waals surface area contributed by atoms with Gasteiger partial charge in [-0.1, -0.05) is 55.3 Å². The number of carbonyl (C=O) groups is 2. The molecule has 5 heteroatoms. The van der Waals surface area contributed by atoms with Gasteiger partial charge in [0, 0.05) is 11.4 Å². The molecule has 0 saturated carbocycles. The predicted molar refractivity (Wildman–Crippen MR) is 97.1 cm³/mol. The van der Waals surface area contributed by atoms with E-state index in [1.165, 1.54) is 0 Å². The van der Waals surface area contributed by atoms with E-state index in [2.05, 4.69) is 0 Å². The first-order valence-corrected chi connectivity index (χ1v) is 8.68. The molecule has 0 aliphatic heterocycles. The van der Waals surface area contributed by atoms with E-state index in [0.29, 0.717) is 18.1 Å². The molecule has 0 aromatic heterocycles. The van der Waals surface area contributed by atoms with Crippen molar-refractivity contribution in [3.8, 4) is 0 Å². The Labute approximate surface area is 152 Å². The number of hydrogen-bond donors (Lipinski definition) is 0. The lowest BCUT2D eigenvalue weighted by molar-refractivity contribution is 0.0457. The summed E-state index contributed by atoms with van der Waals surface area (Å²) in [5.74, 6) is -1.05. The summed E-state index contributed by atoms with van der Waals surface area (Å²) in [4.78, 5) is 24.4. The highest BCUT2D eigenvalue weighted by Gasteiger charge is 2.18. The maximum Gasteiger partial charge on any atom is 0.339 e. The fourth-order valence-electron chi connectivity index (χ4n) is 2.26. The zero-order valence-corrected chi connectivity index (χ0v) is 14.9. The second kappa shape index (κ2) is 9.84. The van der Waals surface area contributed by atoms with Crippen LogP contribution >= 0.6 is 11.6 Å². The molecule has 0 radical (unpaired) electrons. The van der Waals surface area contributed by atoms with Gasteiger partial charge in [-0.2, -0.15) is 0 Å². The Morgan fingerprint density at radius 1 is 0.880 bits per heavy atom. The maximum absolute atomic E-state index is 12.3. The molecule has 0 aliphatic carbocycles. The van der Waals surface area contributed by atoms with E-state index in [-0.39, 0.29) is 17.7 Å². The molecule has 2 aromatic carbocycles. The van der Waals surface area contributed by atoms with Crippen LogP contribution in [0.15, 0.2) is 48.5 Å². The summed E-state index contributed by atoms with van der Waals surface area (Å²) in [7, 11) is 0. The molecule has 0 N–H and O–H groups in total. The van der Waals surface area contributed by atoms with Gasteiger partial charge in [-0.15, -0.1) is 0 Å². The number of halogens is 1. The van der Waals surface area contributed by atoms with Gasteiger partial charge in [0.2, 0.25) is 0 Å². The van der Waals surface area contributed by atoms with Crippen molar-refractivity contribution >= 4 is 23.5 Å². The molecule has 0 bridgehead atoms. The van der Waals surface area contributed by atoms with Crippen molar-refractivity contribution in [3.63, 3.8) is 0 Å². The summed E-state index contributed by atoms with van der Waals surface area (Å²) < 4.78 is 10.5. The van der Waals surface area contributed by atoms with Crippen LogP contribution in [-0.4, -0.2) is 25.2 Å². The lowest BCUT2D eigenvalue weighted by Gasteiger charge is -2.10. The van der Waals surface area contributed by atoms with Gasteiger partial charge in [0.05, 0.1) is 24.3 Å². The standard InChI is InChI=1S/C20H21ClO4/c1-2-3-13-24-19(22)16-9-5-6-10-17(16)20(23)25-14-12-15-8-4-7-11-18(15)21/h4-11H,2-3,12-14H2,1H3. The fourth-order valence-corrected chi connectivity index (χ4v) is 2.49. The van der Waals surface area contributed by atoms with Gasteiger partial charge in [0.1, 0.15) is 0 Å². The molecule has 25 heavy (non-hydrogen) atoms. The van der Waals surface area contributed by atoms with Crippen LogP contribution in [0.5, 0.6) is 0 Å². The summed E-state index contributed by atoms with van der Waals surface area (Å²) in [5.41, 5.74) is 1.34. The van der Waals surface area contributed by atoms with E-state index in [1.807, 2.05) is 25.1 Å². The summed E-state index contributed by atoms with van der Waals surface area (Å²) in [5, 5.41) is 0.637. The normalized spacial score (nSPS) is 10.3. The molecule has 2 rings (SSSR count). The zero-order chi connectivity index (χ0) is 18.1. The Morgan fingerprint density at radius 2 is 1.44 bits per heavy atom. The van der Waals surface area contributed by atoms with Gasteiger partial charge >= 0.3 is 11.9 Å². The molecule has 0 heterocycles. The second-order valence-corrected chi connectivity index (χ2v) is 5.92. The quantitative estimate of drug-likeness (QED) is 0.506. The van der Waals surface area contributed by atoms with Crippen molar-refractivity contribution < 1.29 is 19.1 Å². The van der Waals surface area contributed by atoms with Gasteiger partial charge in [0.15, 0.2) is 0 Å². The van der Waals surface area contributed by atoms with E-state index in [4.69, 9.17) is 21.1 Å². The number of unbranched alkanes of at least 4 members (excludes halogenated alkanes) is 1. The summed E-state index contributed by atoms with van der Waals surface area (Å²) >= 11 is 6.08. The highest BCUT2D eigenvalue weighted by molar-refractivity contribution is 6.31. The van der Waals surface area contributed by atoms with Crippen LogP contribution in [0.3, 0.4) is 0 Å². The minimum atomic E-state index is -0.546. The third-order valence-electron chi connectivity index (χ3n) is 3.66. The smallest absolute Gasteiger partial charge is 0.339 e. The third-order valence-corrected chi connectivity index (χ3v) is 4.03. The summed E-state index contributed by atoms with van der Waals surface area (Å²) in [6.07, 6.45) is 2.23.